The lowest BCUT2D eigenvalue weighted by Gasteiger charge is -2.14. The van der Waals surface area contributed by atoms with Crippen molar-refractivity contribution in [2.24, 2.45) is 5.73 Å². The summed E-state index contributed by atoms with van der Waals surface area (Å²) in [6.45, 7) is -2.67. The third-order valence-corrected chi connectivity index (χ3v) is 1.78. The van der Waals surface area contributed by atoms with Crippen molar-refractivity contribution in [3.63, 3.8) is 0 Å². The molecular weight excluding hydrogens is 176 g/mol. The number of rotatable bonds is 2. The van der Waals surface area contributed by atoms with Gasteiger partial charge in [0.1, 0.15) is 0 Å². The molecule has 0 unspecified atom stereocenters. The minimum atomic E-state index is -2.67. The number of ether oxygens (including phenoxy) is 1. The summed E-state index contributed by atoms with van der Waals surface area (Å²) < 4.78 is 27.4. The minimum Gasteiger partial charge on any atom is -0.325 e. The van der Waals surface area contributed by atoms with E-state index in [0.29, 0.717) is 6.42 Å². The standard InChI is InChI=1S/C6H11F2NO.ClH/c7-6(8)10-5-3-1-2-4(5)9;/h4-6H,1-3,9H2;1H/t4-,5-;/m1./s1. The summed E-state index contributed by atoms with van der Waals surface area (Å²) in [7, 11) is 0. The number of halogens is 3. The molecule has 1 rings (SSSR count). The SMILES string of the molecule is Cl.N[C@@H]1CCC[C@H]1OC(F)F. The van der Waals surface area contributed by atoms with E-state index in [0.717, 1.165) is 12.8 Å². The second-order valence-electron chi connectivity index (χ2n) is 2.53. The Morgan fingerprint density at radius 3 is 2.36 bits per heavy atom. The Bertz CT molecular complexity index is 115. The second-order valence-corrected chi connectivity index (χ2v) is 2.53. The molecule has 0 aromatic carbocycles. The van der Waals surface area contributed by atoms with Crippen LogP contribution in [0, 0.1) is 0 Å². The lowest BCUT2D eigenvalue weighted by Crippen LogP contribution is -2.32. The maximum Gasteiger partial charge on any atom is 0.345 e. The van der Waals surface area contributed by atoms with Crippen LogP contribution in [-0.4, -0.2) is 18.8 Å². The molecule has 1 saturated carbocycles. The normalized spacial score (nSPS) is 30.5. The predicted molar refractivity (Wildman–Crippen MR) is 40.0 cm³/mol. The zero-order chi connectivity index (χ0) is 7.56. The minimum absolute atomic E-state index is 0. The molecule has 0 aromatic rings. The Balaban J connectivity index is 0.000001000. The van der Waals surface area contributed by atoms with Crippen LogP contribution in [0.3, 0.4) is 0 Å². The topological polar surface area (TPSA) is 35.2 Å². The van der Waals surface area contributed by atoms with Gasteiger partial charge in [0.25, 0.3) is 0 Å². The summed E-state index contributed by atoms with van der Waals surface area (Å²) in [5, 5.41) is 0. The van der Waals surface area contributed by atoms with Crippen LogP contribution in [0.4, 0.5) is 8.78 Å². The predicted octanol–water partition coefficient (Wildman–Crippen LogP) is 1.53. The molecule has 11 heavy (non-hydrogen) atoms. The van der Waals surface area contributed by atoms with Crippen LogP contribution in [0.15, 0.2) is 0 Å². The van der Waals surface area contributed by atoms with Crippen molar-refractivity contribution in [3.8, 4) is 0 Å². The molecule has 2 nitrogen and oxygen atoms in total. The summed E-state index contributed by atoms with van der Waals surface area (Å²) in [6, 6.07) is -0.186. The molecule has 1 fully saturated rings. The molecule has 0 aliphatic heterocycles. The summed E-state index contributed by atoms with van der Waals surface area (Å²) >= 11 is 0. The Morgan fingerprint density at radius 2 is 2.00 bits per heavy atom. The molecule has 68 valence electrons. The van der Waals surface area contributed by atoms with Gasteiger partial charge in [0.2, 0.25) is 0 Å². The van der Waals surface area contributed by atoms with Crippen molar-refractivity contribution in [3.05, 3.63) is 0 Å². The van der Waals surface area contributed by atoms with Crippen LogP contribution in [0.5, 0.6) is 0 Å². The first-order chi connectivity index (χ1) is 4.70. The van der Waals surface area contributed by atoms with Gasteiger partial charge in [-0.1, -0.05) is 0 Å². The summed E-state index contributed by atoms with van der Waals surface area (Å²) in [5.74, 6) is 0. The van der Waals surface area contributed by atoms with E-state index in [1.807, 2.05) is 0 Å². The van der Waals surface area contributed by atoms with Gasteiger partial charge in [-0.2, -0.15) is 8.78 Å². The second kappa shape index (κ2) is 4.85. The van der Waals surface area contributed by atoms with Crippen molar-refractivity contribution < 1.29 is 13.5 Å². The highest BCUT2D eigenvalue weighted by Gasteiger charge is 2.26. The Morgan fingerprint density at radius 1 is 1.36 bits per heavy atom. The average molecular weight is 188 g/mol. The third kappa shape index (κ3) is 3.31. The van der Waals surface area contributed by atoms with E-state index < -0.39 is 12.7 Å². The molecule has 1 aliphatic rings. The first kappa shape index (κ1) is 11.1. The van der Waals surface area contributed by atoms with Crippen molar-refractivity contribution in [2.75, 3.05) is 0 Å². The molecule has 0 saturated heterocycles. The number of hydrogen-bond donors (Lipinski definition) is 1. The quantitative estimate of drug-likeness (QED) is 0.712. The monoisotopic (exact) mass is 187 g/mol. The number of hydrogen-bond acceptors (Lipinski definition) is 2. The van der Waals surface area contributed by atoms with Gasteiger partial charge in [-0.15, -0.1) is 12.4 Å². The van der Waals surface area contributed by atoms with Gasteiger partial charge in [0.05, 0.1) is 6.10 Å². The first-order valence-electron chi connectivity index (χ1n) is 3.39. The third-order valence-electron chi connectivity index (χ3n) is 1.78. The van der Waals surface area contributed by atoms with Crippen molar-refractivity contribution in [1.82, 2.24) is 0 Å². The van der Waals surface area contributed by atoms with Crippen LogP contribution in [0.25, 0.3) is 0 Å². The molecule has 0 amide bonds. The van der Waals surface area contributed by atoms with Crippen LogP contribution in [0.2, 0.25) is 0 Å². The maximum absolute atomic E-state index is 11.6. The zero-order valence-electron chi connectivity index (χ0n) is 6.00. The largest absolute Gasteiger partial charge is 0.345 e. The Labute approximate surface area is 70.5 Å². The van der Waals surface area contributed by atoms with Crippen molar-refractivity contribution in [2.45, 2.75) is 38.0 Å². The van der Waals surface area contributed by atoms with Crippen molar-refractivity contribution >= 4 is 12.4 Å². The Kier molecular flexibility index (Phi) is 4.88. The fourth-order valence-corrected chi connectivity index (χ4v) is 1.26. The van der Waals surface area contributed by atoms with Gasteiger partial charge in [0, 0.05) is 6.04 Å². The lowest BCUT2D eigenvalue weighted by molar-refractivity contribution is -0.163. The first-order valence-corrected chi connectivity index (χ1v) is 3.39. The van der Waals surface area contributed by atoms with E-state index in [1.165, 1.54) is 0 Å². The van der Waals surface area contributed by atoms with Gasteiger partial charge in [-0.3, -0.25) is 0 Å². The molecule has 0 radical (unpaired) electrons. The van der Waals surface area contributed by atoms with Gasteiger partial charge in [-0.25, -0.2) is 0 Å². The highest BCUT2D eigenvalue weighted by atomic mass is 35.5. The number of nitrogens with two attached hydrogens (primary N) is 1. The molecular formula is C6H12ClF2NO. The summed E-state index contributed by atoms with van der Waals surface area (Å²) in [6.07, 6.45) is 1.96. The lowest BCUT2D eigenvalue weighted by atomic mass is 10.2. The molecule has 2 atom stereocenters. The van der Waals surface area contributed by atoms with Gasteiger partial charge >= 0.3 is 6.61 Å². The summed E-state index contributed by atoms with van der Waals surface area (Å²) in [4.78, 5) is 0. The van der Waals surface area contributed by atoms with E-state index in [1.54, 1.807) is 0 Å². The van der Waals surface area contributed by atoms with Gasteiger partial charge in [-0.05, 0) is 19.3 Å². The smallest absolute Gasteiger partial charge is 0.325 e. The molecule has 5 heteroatoms. The zero-order valence-corrected chi connectivity index (χ0v) is 6.82. The molecule has 0 heterocycles. The van der Waals surface area contributed by atoms with E-state index in [2.05, 4.69) is 4.74 Å². The highest BCUT2D eigenvalue weighted by molar-refractivity contribution is 5.85. The molecule has 1 aliphatic carbocycles. The van der Waals surface area contributed by atoms with E-state index >= 15 is 0 Å². The average Bonchev–Trinajstić information content (AvgIpc) is 2.15. The fraction of sp³-hybridized carbons (Fsp3) is 1.00. The van der Waals surface area contributed by atoms with Crippen LogP contribution in [0.1, 0.15) is 19.3 Å². The molecule has 0 spiro atoms. The van der Waals surface area contributed by atoms with Crippen LogP contribution >= 0.6 is 12.4 Å². The molecule has 2 N–H and O–H groups in total. The van der Waals surface area contributed by atoms with Crippen LogP contribution < -0.4 is 5.73 Å². The molecule has 0 aromatic heterocycles. The van der Waals surface area contributed by atoms with Gasteiger partial charge < -0.3 is 10.5 Å². The Hall–Kier alpha value is 0.0700. The maximum atomic E-state index is 11.6. The number of alkyl halides is 2. The van der Waals surface area contributed by atoms with Crippen LogP contribution in [-0.2, 0) is 4.74 Å². The van der Waals surface area contributed by atoms with E-state index in [4.69, 9.17) is 5.73 Å². The fourth-order valence-electron chi connectivity index (χ4n) is 1.26. The molecule has 0 bridgehead atoms. The van der Waals surface area contributed by atoms with E-state index in [9.17, 15) is 8.78 Å². The van der Waals surface area contributed by atoms with Crippen molar-refractivity contribution in [1.29, 1.82) is 0 Å². The highest BCUT2D eigenvalue weighted by Crippen LogP contribution is 2.21. The van der Waals surface area contributed by atoms with E-state index in [-0.39, 0.29) is 18.4 Å². The van der Waals surface area contributed by atoms with Gasteiger partial charge in [0.15, 0.2) is 0 Å². The summed E-state index contributed by atoms with van der Waals surface area (Å²) in [5.41, 5.74) is 5.47.